The van der Waals surface area contributed by atoms with Crippen LogP contribution in [0.2, 0.25) is 0 Å². The van der Waals surface area contributed by atoms with Crippen molar-refractivity contribution in [1.82, 2.24) is 9.78 Å². The van der Waals surface area contributed by atoms with Gasteiger partial charge in [-0.2, -0.15) is 10.4 Å². The third-order valence-corrected chi connectivity index (χ3v) is 5.24. The molecule has 1 unspecified atom stereocenters. The van der Waals surface area contributed by atoms with Gasteiger partial charge in [-0.25, -0.2) is 0 Å². The molecule has 3 aliphatic rings. The molecular weight excluding hydrogens is 316 g/mol. The highest BCUT2D eigenvalue weighted by atomic mass is 16.5. The van der Waals surface area contributed by atoms with Crippen molar-refractivity contribution in [2.75, 3.05) is 0 Å². The minimum atomic E-state index is -0.457. The number of nitrogens with zero attached hydrogens (tertiary/aromatic N) is 3. The summed E-state index contributed by atoms with van der Waals surface area (Å²) in [4.78, 5) is 13.0. The van der Waals surface area contributed by atoms with Crippen LogP contribution in [0.4, 0.5) is 0 Å². The van der Waals surface area contributed by atoms with Crippen molar-refractivity contribution in [3.63, 3.8) is 0 Å². The maximum atomic E-state index is 13.0. The Morgan fingerprint density at radius 2 is 2.12 bits per heavy atom. The summed E-state index contributed by atoms with van der Waals surface area (Å²) in [5, 5.41) is 14.3. The number of allylic oxidation sites excluding steroid dienone is 3. The van der Waals surface area contributed by atoms with Gasteiger partial charge < -0.3 is 10.5 Å². The second kappa shape index (κ2) is 5.22. The third kappa shape index (κ3) is 2.55. The Hall–Kier alpha value is -2.55. The zero-order valence-electron chi connectivity index (χ0n) is 14.8. The first kappa shape index (κ1) is 15.9. The highest BCUT2D eigenvalue weighted by Crippen LogP contribution is 2.51. The maximum absolute atomic E-state index is 13.0. The van der Waals surface area contributed by atoms with Crippen LogP contribution in [-0.2, 0) is 16.6 Å². The summed E-state index contributed by atoms with van der Waals surface area (Å²) in [7, 11) is 1.87. The molecule has 1 aliphatic heterocycles. The van der Waals surface area contributed by atoms with Gasteiger partial charge in [0.05, 0.1) is 11.6 Å². The molecule has 6 nitrogen and oxygen atoms in total. The number of ketones is 1. The average molecular weight is 338 g/mol. The minimum Gasteiger partial charge on any atom is -0.444 e. The second-order valence-corrected chi connectivity index (χ2v) is 8.12. The summed E-state index contributed by atoms with van der Waals surface area (Å²) in [6.45, 7) is 4.10. The molecule has 4 rings (SSSR count). The molecule has 1 aromatic heterocycles. The summed E-state index contributed by atoms with van der Waals surface area (Å²) in [6.07, 6.45) is 5.21. The van der Waals surface area contributed by atoms with Crippen LogP contribution in [0.15, 0.2) is 29.0 Å². The van der Waals surface area contributed by atoms with E-state index in [2.05, 4.69) is 11.2 Å². The molecule has 0 radical (unpaired) electrons. The standard InChI is InChI=1S/C19H22N4O2/c1-19(2)6-13(24)16-14(7-19)25-18(21)11(8-20)15(16)12-9-23(3)22-17(12)10-4-5-10/h9-10,15H,4-7,21H2,1-3H3. The lowest BCUT2D eigenvalue weighted by Gasteiger charge is -2.37. The van der Waals surface area contributed by atoms with Crippen molar-refractivity contribution in [1.29, 1.82) is 5.26 Å². The molecule has 1 fully saturated rings. The Kier molecular flexibility index (Phi) is 3.33. The molecule has 130 valence electrons. The second-order valence-electron chi connectivity index (χ2n) is 8.12. The van der Waals surface area contributed by atoms with Crippen molar-refractivity contribution in [2.45, 2.75) is 51.4 Å². The van der Waals surface area contributed by atoms with E-state index in [9.17, 15) is 10.1 Å². The maximum Gasteiger partial charge on any atom is 0.205 e. The van der Waals surface area contributed by atoms with Gasteiger partial charge in [-0.05, 0) is 18.3 Å². The number of rotatable bonds is 2. The Morgan fingerprint density at radius 1 is 1.40 bits per heavy atom. The van der Waals surface area contributed by atoms with Gasteiger partial charge in [-0.15, -0.1) is 0 Å². The van der Waals surface area contributed by atoms with Gasteiger partial charge in [0.25, 0.3) is 0 Å². The Labute approximate surface area is 146 Å². The Morgan fingerprint density at radius 3 is 2.76 bits per heavy atom. The number of hydrogen-bond acceptors (Lipinski definition) is 5. The Bertz CT molecular complexity index is 878. The number of carbonyl (C=O) groups is 1. The van der Waals surface area contributed by atoms with E-state index in [-0.39, 0.29) is 17.1 Å². The van der Waals surface area contributed by atoms with E-state index in [0.717, 1.165) is 24.1 Å². The van der Waals surface area contributed by atoms with E-state index in [4.69, 9.17) is 10.5 Å². The lowest BCUT2D eigenvalue weighted by atomic mass is 9.70. The van der Waals surface area contributed by atoms with Crippen LogP contribution in [0.5, 0.6) is 0 Å². The summed E-state index contributed by atoms with van der Waals surface area (Å²) < 4.78 is 7.51. The van der Waals surface area contributed by atoms with E-state index in [1.54, 1.807) is 4.68 Å². The highest BCUT2D eigenvalue weighted by Gasteiger charge is 2.45. The van der Waals surface area contributed by atoms with Crippen molar-refractivity contribution >= 4 is 5.78 Å². The smallest absolute Gasteiger partial charge is 0.205 e. The van der Waals surface area contributed by atoms with Gasteiger partial charge in [-0.1, -0.05) is 13.8 Å². The fraction of sp³-hybridized carbons (Fsp3) is 0.526. The van der Waals surface area contributed by atoms with Crippen LogP contribution < -0.4 is 5.73 Å². The van der Waals surface area contributed by atoms with E-state index in [1.165, 1.54) is 0 Å². The molecule has 2 N–H and O–H groups in total. The molecule has 0 aromatic carbocycles. The molecule has 0 saturated heterocycles. The fourth-order valence-electron chi connectivity index (χ4n) is 4.02. The van der Waals surface area contributed by atoms with Gasteiger partial charge in [0.1, 0.15) is 17.4 Å². The highest BCUT2D eigenvalue weighted by molar-refractivity contribution is 6.00. The lowest BCUT2D eigenvalue weighted by molar-refractivity contribution is -0.119. The molecule has 1 atom stereocenters. The topological polar surface area (TPSA) is 93.9 Å². The first-order valence-corrected chi connectivity index (χ1v) is 8.68. The average Bonchev–Trinajstić information content (AvgIpc) is 3.27. The summed E-state index contributed by atoms with van der Waals surface area (Å²) in [6, 6.07) is 2.18. The number of carbonyl (C=O) groups excluding carboxylic acids is 1. The van der Waals surface area contributed by atoms with Crippen LogP contribution in [0.25, 0.3) is 0 Å². The number of nitriles is 1. The molecule has 6 heteroatoms. The normalized spacial score (nSPS) is 25.5. The number of aromatic nitrogens is 2. The SMILES string of the molecule is Cn1cc(C2C(C#N)=C(N)OC3=C2C(=O)CC(C)(C)C3)c(C2CC2)n1. The zero-order chi connectivity index (χ0) is 17.9. The van der Waals surface area contributed by atoms with E-state index in [0.29, 0.717) is 35.7 Å². The van der Waals surface area contributed by atoms with E-state index < -0.39 is 5.92 Å². The van der Waals surface area contributed by atoms with Gasteiger partial charge in [0.2, 0.25) is 5.88 Å². The van der Waals surface area contributed by atoms with Crippen LogP contribution in [0, 0.1) is 16.7 Å². The molecule has 0 bridgehead atoms. The number of nitrogens with two attached hydrogens (primary N) is 1. The predicted molar refractivity (Wildman–Crippen MR) is 90.9 cm³/mol. The third-order valence-electron chi connectivity index (χ3n) is 5.24. The number of Topliss-reactive ketones (excluding diaryl/α,β-unsaturated/α-hetero) is 1. The molecule has 1 aromatic rings. The van der Waals surface area contributed by atoms with Gasteiger partial charge >= 0.3 is 0 Å². The summed E-state index contributed by atoms with van der Waals surface area (Å²) >= 11 is 0. The minimum absolute atomic E-state index is 0.0436. The van der Waals surface area contributed by atoms with Gasteiger partial charge in [-0.3, -0.25) is 9.48 Å². The Balaban J connectivity index is 1.91. The van der Waals surface area contributed by atoms with Crippen LogP contribution in [-0.4, -0.2) is 15.6 Å². The number of aryl methyl sites for hydroxylation is 1. The first-order chi connectivity index (χ1) is 11.8. The van der Waals surface area contributed by atoms with Crippen LogP contribution in [0.3, 0.4) is 0 Å². The van der Waals surface area contributed by atoms with Crippen molar-refractivity contribution in [3.8, 4) is 6.07 Å². The van der Waals surface area contributed by atoms with E-state index >= 15 is 0 Å². The molecule has 0 spiro atoms. The quantitative estimate of drug-likeness (QED) is 0.895. The van der Waals surface area contributed by atoms with E-state index in [1.807, 2.05) is 27.1 Å². The van der Waals surface area contributed by atoms with Crippen LogP contribution >= 0.6 is 0 Å². The van der Waals surface area contributed by atoms with Crippen molar-refractivity contribution < 1.29 is 9.53 Å². The molecule has 1 saturated carbocycles. The molecule has 0 amide bonds. The fourth-order valence-corrected chi connectivity index (χ4v) is 4.02. The largest absolute Gasteiger partial charge is 0.444 e. The monoisotopic (exact) mass is 338 g/mol. The molecule has 25 heavy (non-hydrogen) atoms. The molecular formula is C19H22N4O2. The number of hydrogen-bond donors (Lipinski definition) is 1. The summed E-state index contributed by atoms with van der Waals surface area (Å²) in [5.74, 6) is 0.735. The molecule has 2 aliphatic carbocycles. The van der Waals surface area contributed by atoms with Gasteiger partial charge in [0, 0.05) is 43.1 Å². The van der Waals surface area contributed by atoms with Crippen LogP contribution in [0.1, 0.15) is 62.6 Å². The lowest BCUT2D eigenvalue weighted by Crippen LogP contribution is -2.33. The van der Waals surface area contributed by atoms with Crippen molar-refractivity contribution in [3.05, 3.63) is 40.2 Å². The first-order valence-electron chi connectivity index (χ1n) is 8.68. The summed E-state index contributed by atoms with van der Waals surface area (Å²) in [5.41, 5.74) is 8.73. The van der Waals surface area contributed by atoms with Crippen molar-refractivity contribution in [2.24, 2.45) is 18.2 Å². The predicted octanol–water partition coefficient (Wildman–Crippen LogP) is 2.75. The van der Waals surface area contributed by atoms with Gasteiger partial charge in [0.15, 0.2) is 5.78 Å². The molecule has 2 heterocycles. The zero-order valence-corrected chi connectivity index (χ0v) is 14.8. The number of ether oxygens (including phenoxy) is 1.